The Hall–Kier alpha value is -2.11. The summed E-state index contributed by atoms with van der Waals surface area (Å²) in [5.41, 5.74) is 0. The zero-order valence-electron chi connectivity index (χ0n) is 30.9. The number of carboxylic acids is 1. The third-order valence-corrected chi connectivity index (χ3v) is 8.88. The Bertz CT molecular complexity index is 778. The molecule has 6 nitrogen and oxygen atoms in total. The Balaban J connectivity index is 4.25. The van der Waals surface area contributed by atoms with E-state index in [0.29, 0.717) is 12.8 Å². The van der Waals surface area contributed by atoms with Crippen LogP contribution in [0.25, 0.3) is 0 Å². The summed E-state index contributed by atoms with van der Waals surface area (Å²) in [5, 5.41) is 11.1. The molecule has 0 saturated heterocycles. The van der Waals surface area contributed by atoms with Gasteiger partial charge in [-0.2, -0.15) is 0 Å². The van der Waals surface area contributed by atoms with E-state index >= 15 is 0 Å². The molecule has 1 amide bonds. The van der Waals surface area contributed by atoms with E-state index in [1.807, 2.05) is 0 Å². The molecule has 47 heavy (non-hydrogen) atoms. The number of hydrogen-bond acceptors (Lipinski definition) is 4. The minimum atomic E-state index is -1.02. The largest absolute Gasteiger partial charge is 0.480 e. The third-order valence-electron chi connectivity index (χ3n) is 8.88. The van der Waals surface area contributed by atoms with Gasteiger partial charge < -0.3 is 15.2 Å². The molecule has 0 heterocycles. The molecule has 274 valence electrons. The fourth-order valence-electron chi connectivity index (χ4n) is 5.90. The molecule has 0 aromatic heterocycles. The first kappa shape index (κ1) is 44.9. The van der Waals surface area contributed by atoms with Gasteiger partial charge in [0.05, 0.1) is 0 Å². The topological polar surface area (TPSA) is 92.7 Å². The Morgan fingerprint density at radius 3 is 1.55 bits per heavy atom. The smallest absolute Gasteiger partial charge is 0.322 e. The quantitative estimate of drug-likeness (QED) is 0.0396. The van der Waals surface area contributed by atoms with E-state index in [4.69, 9.17) is 9.84 Å². The van der Waals surface area contributed by atoms with Gasteiger partial charge in [0.2, 0.25) is 5.91 Å². The summed E-state index contributed by atoms with van der Waals surface area (Å²) >= 11 is 0. The number of carbonyl (C=O) groups excluding carboxylic acids is 2. The van der Waals surface area contributed by atoms with Crippen molar-refractivity contribution in [1.29, 1.82) is 0 Å². The van der Waals surface area contributed by atoms with Gasteiger partial charge in [-0.15, -0.1) is 0 Å². The summed E-state index contributed by atoms with van der Waals surface area (Å²) in [5.74, 6) is -1.25. The van der Waals surface area contributed by atoms with Crippen LogP contribution in [0.3, 0.4) is 0 Å². The number of aliphatic carboxylic acids is 1. The van der Waals surface area contributed by atoms with Crippen LogP contribution < -0.4 is 5.32 Å². The molecule has 1 unspecified atom stereocenters. The maximum atomic E-state index is 12.7. The third kappa shape index (κ3) is 36.6. The number of nitrogens with one attached hydrogen (secondary N) is 1. The number of carbonyl (C=O) groups is 3. The Kier molecular flexibility index (Phi) is 35.1. The number of allylic oxidation sites excluding steroid dienone is 4. The van der Waals surface area contributed by atoms with Crippen molar-refractivity contribution in [2.24, 2.45) is 0 Å². The Labute approximate surface area is 290 Å². The van der Waals surface area contributed by atoms with Crippen molar-refractivity contribution in [3.8, 4) is 0 Å². The second-order valence-corrected chi connectivity index (χ2v) is 13.5. The highest BCUT2D eigenvalue weighted by molar-refractivity contribution is 5.80. The molecule has 0 aliphatic heterocycles. The number of amides is 1. The lowest BCUT2D eigenvalue weighted by Gasteiger charge is -2.18. The van der Waals surface area contributed by atoms with Crippen molar-refractivity contribution in [3.05, 3.63) is 24.3 Å². The van der Waals surface area contributed by atoms with Crippen molar-refractivity contribution in [3.63, 3.8) is 0 Å². The molecule has 0 radical (unpaired) electrons. The molecule has 0 rings (SSSR count). The summed E-state index contributed by atoms with van der Waals surface area (Å²) in [4.78, 5) is 34.9. The van der Waals surface area contributed by atoms with Crippen LogP contribution in [0.4, 0.5) is 0 Å². The number of carboxylic acid groups (broad SMARTS) is 1. The number of esters is 1. The summed E-state index contributed by atoms with van der Waals surface area (Å²) in [6, 6.07) is 0. The monoisotopic (exact) mass is 662 g/mol. The van der Waals surface area contributed by atoms with E-state index in [1.165, 1.54) is 103 Å². The molecule has 0 spiro atoms. The van der Waals surface area contributed by atoms with E-state index in [1.54, 1.807) is 0 Å². The predicted octanol–water partition coefficient (Wildman–Crippen LogP) is 12.0. The van der Waals surface area contributed by atoms with Crippen LogP contribution in [0.1, 0.15) is 206 Å². The summed E-state index contributed by atoms with van der Waals surface area (Å²) < 4.78 is 5.99. The molecule has 0 bridgehead atoms. The van der Waals surface area contributed by atoms with Crippen LogP contribution >= 0.6 is 0 Å². The van der Waals surface area contributed by atoms with Crippen molar-refractivity contribution in [1.82, 2.24) is 5.32 Å². The number of rotatable bonds is 36. The molecule has 0 aliphatic carbocycles. The van der Waals surface area contributed by atoms with Crippen molar-refractivity contribution in [2.45, 2.75) is 213 Å². The fourth-order valence-corrected chi connectivity index (χ4v) is 5.90. The summed E-state index contributed by atoms with van der Waals surface area (Å²) in [6.07, 6.45) is 42.9. The highest BCUT2D eigenvalue weighted by atomic mass is 16.5. The van der Waals surface area contributed by atoms with E-state index in [-0.39, 0.29) is 24.5 Å². The van der Waals surface area contributed by atoms with E-state index in [0.717, 1.165) is 77.0 Å². The molecule has 0 aromatic carbocycles. The maximum absolute atomic E-state index is 12.7. The average molecular weight is 662 g/mol. The zero-order valence-corrected chi connectivity index (χ0v) is 30.9. The van der Waals surface area contributed by atoms with Gasteiger partial charge in [-0.1, -0.05) is 154 Å². The average Bonchev–Trinajstić information content (AvgIpc) is 3.05. The standard InChI is InChI=1S/C41H75NO5/c1-3-5-7-9-11-13-15-17-18-20-22-25-29-33-38(34-30-26-24-27-31-35-39(43)42-37-40(44)45)47-41(46)36-32-28-23-21-19-16-14-12-10-8-6-4-2/h15,17,20,22,38H,3-14,16,18-19,21,23-37H2,1-2H3,(H,42,43)(H,44,45)/b17-15-,22-20-. The van der Waals surface area contributed by atoms with Crippen molar-refractivity contribution in [2.75, 3.05) is 6.54 Å². The van der Waals surface area contributed by atoms with Gasteiger partial charge in [0.25, 0.3) is 0 Å². The van der Waals surface area contributed by atoms with Crippen molar-refractivity contribution >= 4 is 17.8 Å². The Morgan fingerprint density at radius 2 is 1.00 bits per heavy atom. The minimum Gasteiger partial charge on any atom is -0.480 e. The first-order valence-corrected chi connectivity index (χ1v) is 20.0. The van der Waals surface area contributed by atoms with Gasteiger partial charge >= 0.3 is 11.9 Å². The van der Waals surface area contributed by atoms with E-state index in [9.17, 15) is 14.4 Å². The molecule has 0 aliphatic rings. The number of ether oxygens (including phenoxy) is 1. The van der Waals surface area contributed by atoms with Crippen LogP contribution in [0, 0.1) is 0 Å². The van der Waals surface area contributed by atoms with E-state index < -0.39 is 5.97 Å². The minimum absolute atomic E-state index is 0.0115. The van der Waals surface area contributed by atoms with Gasteiger partial charge in [-0.3, -0.25) is 14.4 Å². The predicted molar refractivity (Wildman–Crippen MR) is 199 cm³/mol. The van der Waals surface area contributed by atoms with Gasteiger partial charge in [-0.25, -0.2) is 0 Å². The highest BCUT2D eigenvalue weighted by Gasteiger charge is 2.14. The van der Waals surface area contributed by atoms with Crippen molar-refractivity contribution < 1.29 is 24.2 Å². The highest BCUT2D eigenvalue weighted by Crippen LogP contribution is 2.18. The van der Waals surface area contributed by atoms with Gasteiger partial charge in [-0.05, 0) is 64.2 Å². The lowest BCUT2D eigenvalue weighted by molar-refractivity contribution is -0.150. The lowest BCUT2D eigenvalue weighted by atomic mass is 10.0. The van der Waals surface area contributed by atoms with Gasteiger partial charge in [0, 0.05) is 12.8 Å². The van der Waals surface area contributed by atoms with Crippen LogP contribution in [0.15, 0.2) is 24.3 Å². The van der Waals surface area contributed by atoms with Gasteiger partial charge in [0.15, 0.2) is 0 Å². The number of unbranched alkanes of at least 4 members (excludes halogenated alkanes) is 21. The van der Waals surface area contributed by atoms with E-state index in [2.05, 4.69) is 43.5 Å². The molecule has 1 atom stereocenters. The van der Waals surface area contributed by atoms with Crippen LogP contribution in [0.2, 0.25) is 0 Å². The van der Waals surface area contributed by atoms with Gasteiger partial charge in [0.1, 0.15) is 12.6 Å². The van der Waals surface area contributed by atoms with Crippen LogP contribution in [-0.2, 0) is 19.1 Å². The lowest BCUT2D eigenvalue weighted by Crippen LogP contribution is -2.28. The second-order valence-electron chi connectivity index (χ2n) is 13.5. The SMILES string of the molecule is CCCCCCC/C=C\C/C=C\CCCC(CCCCCCCC(=O)NCC(=O)O)OC(=O)CCCCCCCCCCCCCC. The normalized spacial score (nSPS) is 12.2. The first-order chi connectivity index (χ1) is 23.0. The molecular formula is C41H75NO5. The second kappa shape index (κ2) is 36.7. The maximum Gasteiger partial charge on any atom is 0.322 e. The first-order valence-electron chi connectivity index (χ1n) is 20.0. The fraction of sp³-hybridized carbons (Fsp3) is 0.829. The molecule has 0 saturated carbocycles. The summed E-state index contributed by atoms with van der Waals surface area (Å²) in [6.45, 7) is 4.21. The molecule has 0 fully saturated rings. The molecule has 6 heteroatoms. The molecule has 2 N–H and O–H groups in total. The summed E-state index contributed by atoms with van der Waals surface area (Å²) in [7, 11) is 0. The molecule has 0 aromatic rings. The van der Waals surface area contributed by atoms with Crippen LogP contribution in [-0.4, -0.2) is 35.6 Å². The number of hydrogen-bond donors (Lipinski definition) is 2. The Morgan fingerprint density at radius 1 is 0.553 bits per heavy atom. The molecular weight excluding hydrogens is 586 g/mol. The zero-order chi connectivity index (χ0) is 34.5. The van der Waals surface area contributed by atoms with Crippen LogP contribution in [0.5, 0.6) is 0 Å².